The second-order valence-corrected chi connectivity index (χ2v) is 11.0. The monoisotopic (exact) mass is 533 g/mol. The number of rotatable bonds is 1. The Labute approximate surface area is 222 Å². The summed E-state index contributed by atoms with van der Waals surface area (Å²) in [6.07, 6.45) is 1.86. The number of amides is 4. The van der Waals surface area contributed by atoms with E-state index in [-0.39, 0.29) is 18.9 Å². The molecule has 210 valence electrons. The molecule has 4 heterocycles. The normalized spacial score (nSPS) is 37.7. The average Bonchev–Trinajstić information content (AvgIpc) is 3.47. The summed E-state index contributed by atoms with van der Waals surface area (Å²) in [5.74, 6) is -2.40. The molecule has 4 saturated heterocycles. The Balaban J connectivity index is 1.73. The Kier molecular flexibility index (Phi) is 8.39. The summed E-state index contributed by atoms with van der Waals surface area (Å²) in [6.45, 7) is 7.32. The Morgan fingerprint density at radius 2 is 1.61 bits per heavy atom. The van der Waals surface area contributed by atoms with Crippen molar-refractivity contribution in [2.75, 3.05) is 19.6 Å². The first-order chi connectivity index (χ1) is 18.0. The number of cyclic esters (lactones) is 1. The number of aliphatic hydroxyl groups is 1. The van der Waals surface area contributed by atoms with Gasteiger partial charge in [-0.25, -0.2) is 4.79 Å². The zero-order valence-corrected chi connectivity index (χ0v) is 22.5. The fourth-order valence-electron chi connectivity index (χ4n) is 6.13. The minimum Gasteiger partial charge on any atom is -0.458 e. The van der Waals surface area contributed by atoms with Crippen molar-refractivity contribution in [1.29, 1.82) is 0 Å². The third-order valence-electron chi connectivity index (χ3n) is 8.04. The average molecular weight is 534 g/mol. The molecule has 0 aliphatic carbocycles. The van der Waals surface area contributed by atoms with Crippen LogP contribution in [0.2, 0.25) is 0 Å². The van der Waals surface area contributed by atoms with E-state index in [2.05, 4.69) is 10.3 Å². The smallest absolute Gasteiger partial charge is 0.329 e. The SMILES string of the molecule is CC=NC1C(=O)N2CC(O)CC2C(=O)N2CCCCC2C(=O)NC(C)C(=O)N2CC(C)CC2C(=O)OC1C. The largest absolute Gasteiger partial charge is 0.458 e. The number of aliphatic imine (C=N–C) groups is 1. The summed E-state index contributed by atoms with van der Waals surface area (Å²) in [5.41, 5.74) is 0. The molecule has 12 nitrogen and oxygen atoms in total. The first-order valence-electron chi connectivity index (χ1n) is 13.6. The van der Waals surface area contributed by atoms with Crippen molar-refractivity contribution in [3.63, 3.8) is 0 Å². The van der Waals surface area contributed by atoms with Gasteiger partial charge >= 0.3 is 5.97 Å². The Morgan fingerprint density at radius 3 is 2.32 bits per heavy atom. The van der Waals surface area contributed by atoms with E-state index in [1.54, 1.807) is 20.8 Å². The third-order valence-corrected chi connectivity index (χ3v) is 8.04. The Hall–Kier alpha value is -3.02. The van der Waals surface area contributed by atoms with Gasteiger partial charge in [-0.2, -0.15) is 0 Å². The number of carbonyl (C=O) groups excluding carboxylic acids is 5. The molecule has 0 spiro atoms. The van der Waals surface area contributed by atoms with E-state index in [0.717, 1.165) is 6.42 Å². The minimum absolute atomic E-state index is 0.0377. The van der Waals surface area contributed by atoms with Gasteiger partial charge in [0.1, 0.15) is 30.3 Å². The van der Waals surface area contributed by atoms with Crippen LogP contribution >= 0.6 is 0 Å². The maximum atomic E-state index is 13.8. The van der Waals surface area contributed by atoms with E-state index in [9.17, 15) is 29.1 Å². The first kappa shape index (κ1) is 28.0. The van der Waals surface area contributed by atoms with Crippen LogP contribution in [0.1, 0.15) is 59.8 Å². The van der Waals surface area contributed by atoms with Gasteiger partial charge in [0.15, 0.2) is 6.04 Å². The summed E-state index contributed by atoms with van der Waals surface area (Å²) < 4.78 is 5.70. The molecule has 4 amide bonds. The van der Waals surface area contributed by atoms with E-state index < -0.39 is 72.0 Å². The summed E-state index contributed by atoms with van der Waals surface area (Å²) in [7, 11) is 0. The van der Waals surface area contributed by atoms with Gasteiger partial charge in [0.05, 0.1) is 6.10 Å². The molecule has 12 heteroatoms. The summed E-state index contributed by atoms with van der Waals surface area (Å²) in [5, 5.41) is 13.2. The summed E-state index contributed by atoms with van der Waals surface area (Å²) in [6, 6.07) is -4.64. The maximum absolute atomic E-state index is 13.8. The number of carbonyl (C=O) groups is 5. The first-order valence-corrected chi connectivity index (χ1v) is 13.6. The van der Waals surface area contributed by atoms with Crippen LogP contribution in [0.4, 0.5) is 0 Å². The summed E-state index contributed by atoms with van der Waals surface area (Å²) >= 11 is 0. The Morgan fingerprint density at radius 1 is 0.895 bits per heavy atom. The molecule has 0 aromatic carbocycles. The zero-order valence-electron chi connectivity index (χ0n) is 22.5. The number of nitrogens with one attached hydrogen (secondary N) is 1. The molecule has 38 heavy (non-hydrogen) atoms. The van der Waals surface area contributed by atoms with Gasteiger partial charge in [-0.1, -0.05) is 6.92 Å². The van der Waals surface area contributed by atoms with Crippen LogP contribution in [-0.2, 0) is 28.7 Å². The van der Waals surface area contributed by atoms with Crippen molar-refractivity contribution < 1.29 is 33.8 Å². The highest BCUT2D eigenvalue weighted by atomic mass is 16.5. The van der Waals surface area contributed by atoms with Crippen molar-refractivity contribution in [2.45, 2.75) is 102 Å². The molecular weight excluding hydrogens is 494 g/mol. The highest BCUT2D eigenvalue weighted by Gasteiger charge is 2.48. The van der Waals surface area contributed by atoms with Gasteiger partial charge in [-0.15, -0.1) is 0 Å². The standard InChI is InChI=1S/C26H39N5O7/c1-5-27-21-16(4)38-26(37)20-10-14(2)12-30(20)23(34)15(3)28-22(33)18-8-6-7-9-29(18)24(35)19-11-17(32)13-31(19)25(21)36/h5,14-21,32H,6-13H2,1-4H3,(H,28,33). The van der Waals surface area contributed by atoms with Crippen molar-refractivity contribution in [2.24, 2.45) is 10.9 Å². The zero-order chi connectivity index (χ0) is 27.7. The molecular formula is C26H39N5O7. The number of hydrogen-bond acceptors (Lipinski definition) is 8. The fourth-order valence-corrected chi connectivity index (χ4v) is 6.13. The minimum atomic E-state index is -1.13. The number of nitrogens with zero attached hydrogens (tertiary/aromatic N) is 4. The quantitative estimate of drug-likeness (QED) is 0.340. The van der Waals surface area contributed by atoms with Gasteiger partial charge in [-0.05, 0) is 58.6 Å². The number of piperidine rings is 1. The van der Waals surface area contributed by atoms with Gasteiger partial charge < -0.3 is 29.9 Å². The molecule has 8 atom stereocenters. The lowest BCUT2D eigenvalue weighted by atomic mass is 9.99. The number of hydrogen-bond donors (Lipinski definition) is 2. The van der Waals surface area contributed by atoms with Crippen LogP contribution < -0.4 is 5.32 Å². The molecule has 2 N–H and O–H groups in total. The van der Waals surface area contributed by atoms with Crippen LogP contribution in [0.5, 0.6) is 0 Å². The van der Waals surface area contributed by atoms with Gasteiger partial charge in [0.25, 0.3) is 5.91 Å². The highest BCUT2D eigenvalue weighted by Crippen LogP contribution is 2.29. The molecule has 0 aromatic heterocycles. The lowest BCUT2D eigenvalue weighted by Crippen LogP contribution is -2.60. The fraction of sp³-hybridized carbons (Fsp3) is 0.769. The maximum Gasteiger partial charge on any atom is 0.329 e. The van der Waals surface area contributed by atoms with Crippen LogP contribution in [-0.4, -0.2) is 118 Å². The number of ether oxygens (including phenoxy) is 1. The highest BCUT2D eigenvalue weighted by molar-refractivity contribution is 5.96. The number of esters is 1. The van der Waals surface area contributed by atoms with Gasteiger partial charge in [-0.3, -0.25) is 24.2 Å². The molecule has 8 unspecified atom stereocenters. The lowest BCUT2D eigenvalue weighted by Gasteiger charge is -2.39. The number of aliphatic hydroxyl groups excluding tert-OH is 1. The van der Waals surface area contributed by atoms with Gasteiger partial charge in [0, 0.05) is 26.1 Å². The van der Waals surface area contributed by atoms with Crippen molar-refractivity contribution in [3.8, 4) is 0 Å². The van der Waals surface area contributed by atoms with E-state index in [1.807, 2.05) is 6.92 Å². The van der Waals surface area contributed by atoms with Crippen molar-refractivity contribution in [1.82, 2.24) is 20.0 Å². The topological polar surface area (TPSA) is 149 Å². The van der Waals surface area contributed by atoms with E-state index in [4.69, 9.17) is 4.74 Å². The van der Waals surface area contributed by atoms with Crippen LogP contribution in [0.25, 0.3) is 0 Å². The Bertz CT molecular complexity index is 1000. The van der Waals surface area contributed by atoms with E-state index in [1.165, 1.54) is 20.9 Å². The van der Waals surface area contributed by atoms with Crippen molar-refractivity contribution >= 4 is 35.8 Å². The summed E-state index contributed by atoms with van der Waals surface area (Å²) in [4.78, 5) is 75.9. The molecule has 0 bridgehead atoms. The predicted octanol–water partition coefficient (Wildman–Crippen LogP) is -0.524. The second kappa shape index (κ2) is 11.4. The second-order valence-electron chi connectivity index (χ2n) is 11.0. The molecule has 4 fully saturated rings. The van der Waals surface area contributed by atoms with Crippen LogP contribution in [0.15, 0.2) is 4.99 Å². The van der Waals surface area contributed by atoms with Crippen LogP contribution in [0.3, 0.4) is 0 Å². The van der Waals surface area contributed by atoms with Crippen LogP contribution in [0, 0.1) is 5.92 Å². The molecule has 0 aromatic rings. The molecule has 4 rings (SSSR count). The number of fused-ring (bicyclic) bond motifs is 3. The molecule has 4 aliphatic rings. The third kappa shape index (κ3) is 5.41. The van der Waals surface area contributed by atoms with Crippen molar-refractivity contribution in [3.05, 3.63) is 0 Å². The molecule has 0 radical (unpaired) electrons. The lowest BCUT2D eigenvalue weighted by molar-refractivity contribution is -0.161. The predicted molar refractivity (Wildman–Crippen MR) is 136 cm³/mol. The molecule has 4 aliphatic heterocycles. The van der Waals surface area contributed by atoms with E-state index >= 15 is 0 Å². The molecule has 0 saturated carbocycles. The van der Waals surface area contributed by atoms with E-state index in [0.29, 0.717) is 32.4 Å². The van der Waals surface area contributed by atoms with Gasteiger partial charge in [0.2, 0.25) is 17.7 Å².